The summed E-state index contributed by atoms with van der Waals surface area (Å²) in [5.41, 5.74) is 8.45. The van der Waals surface area contributed by atoms with Gasteiger partial charge in [-0.1, -0.05) is 42.5 Å². The Labute approximate surface area is 122 Å². The molecule has 2 aromatic carbocycles. The van der Waals surface area contributed by atoms with E-state index in [0.29, 0.717) is 16.7 Å². The van der Waals surface area contributed by atoms with Crippen molar-refractivity contribution >= 4 is 10.9 Å². The molecular weight excluding hydrogens is 262 g/mol. The number of benzene rings is 2. The van der Waals surface area contributed by atoms with Crippen LogP contribution in [0.5, 0.6) is 0 Å². The molecule has 0 saturated heterocycles. The standard InChI is InChI=1S/C17H17N3O/c1-11(18)13-9-6-10-14-15(13)19-16(20(2)17(14)21)12-7-4-3-5-8-12/h3-11H,18H2,1-2H3. The van der Waals surface area contributed by atoms with E-state index in [4.69, 9.17) is 10.7 Å². The van der Waals surface area contributed by atoms with E-state index in [1.165, 1.54) is 0 Å². The quantitative estimate of drug-likeness (QED) is 0.784. The normalized spacial score (nSPS) is 12.5. The minimum Gasteiger partial charge on any atom is -0.324 e. The lowest BCUT2D eigenvalue weighted by atomic mass is 10.0. The summed E-state index contributed by atoms with van der Waals surface area (Å²) in [4.78, 5) is 17.3. The van der Waals surface area contributed by atoms with Gasteiger partial charge in [-0.05, 0) is 18.6 Å². The number of rotatable bonds is 2. The summed E-state index contributed by atoms with van der Waals surface area (Å²) in [5, 5.41) is 0.604. The van der Waals surface area contributed by atoms with E-state index in [9.17, 15) is 4.79 Å². The van der Waals surface area contributed by atoms with Gasteiger partial charge < -0.3 is 5.73 Å². The number of hydrogen-bond acceptors (Lipinski definition) is 3. The monoisotopic (exact) mass is 279 g/mol. The highest BCUT2D eigenvalue weighted by atomic mass is 16.1. The van der Waals surface area contributed by atoms with E-state index >= 15 is 0 Å². The summed E-state index contributed by atoms with van der Waals surface area (Å²) in [5.74, 6) is 0.654. The minimum atomic E-state index is -0.170. The Kier molecular flexibility index (Phi) is 3.31. The lowest BCUT2D eigenvalue weighted by Gasteiger charge is -2.13. The fourth-order valence-corrected chi connectivity index (χ4v) is 2.53. The van der Waals surface area contributed by atoms with Crippen molar-refractivity contribution in [2.75, 3.05) is 0 Å². The summed E-state index contributed by atoms with van der Waals surface area (Å²) in [7, 11) is 1.75. The molecule has 1 heterocycles. The van der Waals surface area contributed by atoms with E-state index in [1.807, 2.05) is 49.4 Å². The Hall–Kier alpha value is -2.46. The topological polar surface area (TPSA) is 60.9 Å². The van der Waals surface area contributed by atoms with Gasteiger partial charge in [0.2, 0.25) is 0 Å². The van der Waals surface area contributed by atoms with Crippen LogP contribution in [0, 0.1) is 0 Å². The Morgan fingerprint density at radius 2 is 1.81 bits per heavy atom. The van der Waals surface area contributed by atoms with E-state index in [1.54, 1.807) is 17.7 Å². The van der Waals surface area contributed by atoms with E-state index in [2.05, 4.69) is 0 Å². The highest BCUT2D eigenvalue weighted by molar-refractivity contribution is 5.83. The third kappa shape index (κ3) is 2.23. The van der Waals surface area contributed by atoms with Crippen LogP contribution in [-0.4, -0.2) is 9.55 Å². The van der Waals surface area contributed by atoms with Crippen molar-refractivity contribution < 1.29 is 0 Å². The van der Waals surface area contributed by atoms with Crippen LogP contribution in [0.1, 0.15) is 18.5 Å². The third-order valence-electron chi connectivity index (χ3n) is 3.66. The SMILES string of the molecule is CC(N)c1cccc2c(=O)n(C)c(-c3ccccc3)nc12. The smallest absolute Gasteiger partial charge is 0.261 e. The van der Waals surface area contributed by atoms with Gasteiger partial charge in [0.25, 0.3) is 5.56 Å². The molecule has 1 unspecified atom stereocenters. The van der Waals surface area contributed by atoms with Crippen LogP contribution in [0.3, 0.4) is 0 Å². The first-order chi connectivity index (χ1) is 10.1. The number of aromatic nitrogens is 2. The van der Waals surface area contributed by atoms with Gasteiger partial charge in [-0.3, -0.25) is 9.36 Å². The molecule has 21 heavy (non-hydrogen) atoms. The van der Waals surface area contributed by atoms with Crippen LogP contribution < -0.4 is 11.3 Å². The van der Waals surface area contributed by atoms with E-state index in [0.717, 1.165) is 11.1 Å². The third-order valence-corrected chi connectivity index (χ3v) is 3.66. The molecule has 0 bridgehead atoms. The second kappa shape index (κ2) is 5.14. The average molecular weight is 279 g/mol. The van der Waals surface area contributed by atoms with E-state index < -0.39 is 0 Å². The fraction of sp³-hybridized carbons (Fsp3) is 0.176. The van der Waals surface area contributed by atoms with Gasteiger partial charge in [-0.2, -0.15) is 0 Å². The van der Waals surface area contributed by atoms with Crippen LogP contribution in [0.2, 0.25) is 0 Å². The number of para-hydroxylation sites is 1. The van der Waals surface area contributed by atoms with Gasteiger partial charge in [0.1, 0.15) is 5.82 Å². The molecule has 4 nitrogen and oxygen atoms in total. The molecule has 1 atom stereocenters. The molecule has 0 spiro atoms. The van der Waals surface area contributed by atoms with Crippen LogP contribution in [0.15, 0.2) is 53.3 Å². The maximum absolute atomic E-state index is 12.6. The zero-order chi connectivity index (χ0) is 15.0. The van der Waals surface area contributed by atoms with Gasteiger partial charge in [0, 0.05) is 18.7 Å². The van der Waals surface area contributed by atoms with Crippen molar-refractivity contribution in [3.63, 3.8) is 0 Å². The lowest BCUT2D eigenvalue weighted by Crippen LogP contribution is -2.21. The zero-order valence-corrected chi connectivity index (χ0v) is 12.1. The van der Waals surface area contributed by atoms with Crippen LogP contribution in [-0.2, 0) is 7.05 Å². The Morgan fingerprint density at radius 3 is 2.48 bits per heavy atom. The van der Waals surface area contributed by atoms with E-state index in [-0.39, 0.29) is 11.6 Å². The number of fused-ring (bicyclic) bond motifs is 1. The molecule has 4 heteroatoms. The molecule has 2 N–H and O–H groups in total. The molecule has 3 aromatic rings. The lowest BCUT2D eigenvalue weighted by molar-refractivity contribution is 0.815. The van der Waals surface area contributed by atoms with Crippen LogP contribution in [0.25, 0.3) is 22.3 Å². The van der Waals surface area contributed by atoms with Gasteiger partial charge in [0.05, 0.1) is 10.9 Å². The maximum atomic E-state index is 12.6. The highest BCUT2D eigenvalue weighted by Gasteiger charge is 2.14. The Bertz CT molecular complexity index is 851. The molecule has 0 aliphatic rings. The summed E-state index contributed by atoms with van der Waals surface area (Å²) in [6.45, 7) is 1.90. The first kappa shape index (κ1) is 13.5. The molecule has 0 aliphatic carbocycles. The van der Waals surface area contributed by atoms with Crippen molar-refractivity contribution in [3.8, 4) is 11.4 Å². The van der Waals surface area contributed by atoms with Crippen molar-refractivity contribution in [1.82, 2.24) is 9.55 Å². The Balaban J connectivity index is 2.41. The summed E-state index contributed by atoms with van der Waals surface area (Å²) in [6.07, 6.45) is 0. The molecule has 1 aromatic heterocycles. The maximum Gasteiger partial charge on any atom is 0.261 e. The van der Waals surface area contributed by atoms with Gasteiger partial charge in [-0.25, -0.2) is 4.98 Å². The zero-order valence-electron chi connectivity index (χ0n) is 12.1. The number of hydrogen-bond donors (Lipinski definition) is 1. The number of nitrogens with zero attached hydrogens (tertiary/aromatic N) is 2. The summed E-state index contributed by atoms with van der Waals surface area (Å²) < 4.78 is 1.59. The van der Waals surface area contributed by atoms with Gasteiger partial charge in [0.15, 0.2) is 0 Å². The molecule has 0 aliphatic heterocycles. The van der Waals surface area contributed by atoms with Crippen molar-refractivity contribution in [1.29, 1.82) is 0 Å². The predicted octanol–water partition coefficient (Wildman–Crippen LogP) is 2.62. The molecule has 3 rings (SSSR count). The minimum absolute atomic E-state index is 0.0543. The first-order valence-electron chi connectivity index (χ1n) is 6.90. The number of nitrogens with two attached hydrogens (primary N) is 1. The van der Waals surface area contributed by atoms with Crippen LogP contribution >= 0.6 is 0 Å². The van der Waals surface area contributed by atoms with Gasteiger partial charge in [-0.15, -0.1) is 0 Å². The van der Waals surface area contributed by atoms with Crippen LogP contribution in [0.4, 0.5) is 0 Å². The molecule has 0 saturated carbocycles. The molecule has 0 radical (unpaired) electrons. The largest absolute Gasteiger partial charge is 0.324 e. The molecule has 0 amide bonds. The summed E-state index contributed by atoms with van der Waals surface area (Å²) in [6, 6.07) is 15.1. The van der Waals surface area contributed by atoms with Gasteiger partial charge >= 0.3 is 0 Å². The van der Waals surface area contributed by atoms with Crippen molar-refractivity contribution in [2.45, 2.75) is 13.0 Å². The molecule has 0 fully saturated rings. The summed E-state index contributed by atoms with van der Waals surface area (Å²) >= 11 is 0. The fourth-order valence-electron chi connectivity index (χ4n) is 2.53. The second-order valence-corrected chi connectivity index (χ2v) is 5.20. The predicted molar refractivity (Wildman–Crippen MR) is 85.0 cm³/mol. The average Bonchev–Trinajstić information content (AvgIpc) is 2.51. The Morgan fingerprint density at radius 1 is 1.10 bits per heavy atom. The first-order valence-corrected chi connectivity index (χ1v) is 6.90. The van der Waals surface area contributed by atoms with Crippen molar-refractivity contribution in [3.05, 3.63) is 64.4 Å². The second-order valence-electron chi connectivity index (χ2n) is 5.20. The molecular formula is C17H17N3O. The van der Waals surface area contributed by atoms with Crippen molar-refractivity contribution in [2.24, 2.45) is 12.8 Å². The highest BCUT2D eigenvalue weighted by Crippen LogP contribution is 2.22. The molecule has 106 valence electrons.